The van der Waals surface area contributed by atoms with Crippen LogP contribution in [0, 0.1) is 0 Å². The molecule has 0 saturated heterocycles. The van der Waals surface area contributed by atoms with Crippen LogP contribution in [0.5, 0.6) is 0 Å². The molecule has 0 saturated carbocycles. The summed E-state index contributed by atoms with van der Waals surface area (Å²) in [6, 6.07) is 9.90. The molecule has 1 aliphatic rings. The molecule has 0 fully saturated rings. The van der Waals surface area contributed by atoms with Crippen molar-refractivity contribution < 1.29 is 4.79 Å². The second-order valence-electron chi connectivity index (χ2n) is 6.15. The van der Waals surface area contributed by atoms with Crippen LogP contribution < -0.4 is 11.0 Å². The number of aryl methyl sites for hydroxylation is 1. The number of nitrogens with zero attached hydrogens (tertiary/aromatic N) is 3. The van der Waals surface area contributed by atoms with Crippen LogP contribution in [0.3, 0.4) is 0 Å². The number of hydrazone groups is 1. The number of amides is 1. The van der Waals surface area contributed by atoms with E-state index in [4.69, 9.17) is 23.2 Å². The van der Waals surface area contributed by atoms with Gasteiger partial charge >= 0.3 is 0 Å². The van der Waals surface area contributed by atoms with E-state index in [0.29, 0.717) is 38.6 Å². The van der Waals surface area contributed by atoms with Crippen molar-refractivity contribution in [1.82, 2.24) is 15.0 Å². The third kappa shape index (κ3) is 3.34. The van der Waals surface area contributed by atoms with Gasteiger partial charge in [-0.25, -0.2) is 10.4 Å². The van der Waals surface area contributed by atoms with Crippen LogP contribution in [0.25, 0.3) is 10.9 Å². The van der Waals surface area contributed by atoms with Crippen LogP contribution in [-0.4, -0.2) is 21.7 Å². The molecule has 0 atom stereocenters. The first-order valence-corrected chi connectivity index (χ1v) is 9.11. The highest BCUT2D eigenvalue weighted by atomic mass is 35.5. The molecule has 2 aromatic carbocycles. The van der Waals surface area contributed by atoms with Crippen LogP contribution in [-0.2, 0) is 13.0 Å². The molecule has 0 bridgehead atoms. The van der Waals surface area contributed by atoms with E-state index in [9.17, 15) is 9.59 Å². The van der Waals surface area contributed by atoms with E-state index in [2.05, 4.69) is 15.5 Å². The van der Waals surface area contributed by atoms with Gasteiger partial charge in [-0.3, -0.25) is 14.2 Å². The number of rotatable bonds is 3. The van der Waals surface area contributed by atoms with E-state index in [1.54, 1.807) is 41.0 Å². The lowest BCUT2D eigenvalue weighted by molar-refractivity contribution is 0.0955. The van der Waals surface area contributed by atoms with Crippen LogP contribution in [0.1, 0.15) is 28.2 Å². The van der Waals surface area contributed by atoms with Gasteiger partial charge in [0.05, 0.1) is 27.2 Å². The van der Waals surface area contributed by atoms with Crippen molar-refractivity contribution in [3.8, 4) is 0 Å². The lowest BCUT2D eigenvalue weighted by atomic mass is 10.1. The van der Waals surface area contributed by atoms with Gasteiger partial charge < -0.3 is 0 Å². The van der Waals surface area contributed by atoms with Crippen LogP contribution in [0.2, 0.25) is 10.0 Å². The summed E-state index contributed by atoms with van der Waals surface area (Å²) >= 11 is 12.1. The monoisotopic (exact) mass is 400 g/mol. The summed E-state index contributed by atoms with van der Waals surface area (Å²) in [4.78, 5) is 29.4. The van der Waals surface area contributed by atoms with Gasteiger partial charge in [0.15, 0.2) is 0 Å². The van der Waals surface area contributed by atoms with Crippen molar-refractivity contribution in [2.45, 2.75) is 19.4 Å². The maximum atomic E-state index is 12.5. The van der Waals surface area contributed by atoms with Gasteiger partial charge in [0.1, 0.15) is 5.82 Å². The molecule has 136 valence electrons. The average Bonchev–Trinajstić information content (AvgIpc) is 3.12. The van der Waals surface area contributed by atoms with Gasteiger partial charge in [-0.2, -0.15) is 5.10 Å². The predicted octanol–water partition coefficient (Wildman–Crippen LogP) is 3.41. The highest BCUT2D eigenvalue weighted by Gasteiger charge is 2.17. The number of aromatic nitrogens is 2. The summed E-state index contributed by atoms with van der Waals surface area (Å²) in [5.74, 6) is 0.343. The van der Waals surface area contributed by atoms with Crippen molar-refractivity contribution in [2.24, 2.45) is 5.10 Å². The topological polar surface area (TPSA) is 76.3 Å². The van der Waals surface area contributed by atoms with Gasteiger partial charge in [-0.1, -0.05) is 29.3 Å². The molecule has 1 N–H and O–H groups in total. The molecule has 8 heteroatoms. The fraction of sp³-hybridized carbons (Fsp3) is 0.158. The number of carbonyl (C=O) groups excluding carboxylic acids is 1. The summed E-state index contributed by atoms with van der Waals surface area (Å²) < 4.78 is 1.69. The second-order valence-corrected chi connectivity index (χ2v) is 6.97. The number of fused-ring (bicyclic) bond motifs is 2. The first-order chi connectivity index (χ1) is 13.0. The number of hydrogen-bond donors (Lipinski definition) is 1. The smallest absolute Gasteiger partial charge is 0.271 e. The zero-order chi connectivity index (χ0) is 19.0. The number of hydrogen-bond acceptors (Lipinski definition) is 4. The zero-order valence-corrected chi connectivity index (χ0v) is 15.6. The Morgan fingerprint density at radius 3 is 2.78 bits per heavy atom. The standard InChI is InChI=1S/C19H14Cl2N4O2/c20-14-3-1-4-15(21)13(14)10-22-24-18(26)11-6-7-12-16(9-11)23-17-5-2-8-25(17)19(12)27/h1,3-4,6-7,9-10H,2,5,8H2,(H,24,26)/b22-10-. The Bertz CT molecular complexity index is 1130. The zero-order valence-electron chi connectivity index (χ0n) is 14.1. The van der Waals surface area contributed by atoms with Gasteiger partial charge in [-0.15, -0.1) is 0 Å². The first kappa shape index (κ1) is 17.7. The van der Waals surface area contributed by atoms with Crippen molar-refractivity contribution in [2.75, 3.05) is 0 Å². The number of benzene rings is 2. The maximum Gasteiger partial charge on any atom is 0.271 e. The molecule has 1 aliphatic heterocycles. The summed E-state index contributed by atoms with van der Waals surface area (Å²) in [7, 11) is 0. The van der Waals surface area contributed by atoms with E-state index in [1.165, 1.54) is 6.21 Å². The largest absolute Gasteiger partial charge is 0.296 e. The number of nitrogens with one attached hydrogen (secondary N) is 1. The molecule has 0 unspecified atom stereocenters. The van der Waals surface area contributed by atoms with Crippen molar-refractivity contribution in [3.05, 3.63) is 73.7 Å². The molecule has 2 heterocycles. The molecule has 4 rings (SSSR count). The maximum absolute atomic E-state index is 12.5. The Hall–Kier alpha value is -2.70. The summed E-state index contributed by atoms with van der Waals surface area (Å²) in [5.41, 5.74) is 3.76. The van der Waals surface area contributed by atoms with Crippen molar-refractivity contribution >= 4 is 46.2 Å². The minimum absolute atomic E-state index is 0.0640. The molecule has 27 heavy (non-hydrogen) atoms. The lowest BCUT2D eigenvalue weighted by Crippen LogP contribution is -2.22. The Morgan fingerprint density at radius 2 is 2.00 bits per heavy atom. The Balaban J connectivity index is 1.59. The minimum atomic E-state index is -0.418. The van der Waals surface area contributed by atoms with Crippen molar-refractivity contribution in [3.63, 3.8) is 0 Å². The minimum Gasteiger partial charge on any atom is -0.296 e. The molecular weight excluding hydrogens is 387 g/mol. The van der Waals surface area contributed by atoms with E-state index in [-0.39, 0.29) is 5.56 Å². The van der Waals surface area contributed by atoms with Crippen LogP contribution in [0.15, 0.2) is 46.3 Å². The third-order valence-corrected chi connectivity index (χ3v) is 5.10. The lowest BCUT2D eigenvalue weighted by Gasteiger charge is -2.06. The molecule has 1 amide bonds. The summed E-state index contributed by atoms with van der Waals surface area (Å²) in [5, 5.41) is 5.29. The van der Waals surface area contributed by atoms with Crippen LogP contribution >= 0.6 is 23.2 Å². The van der Waals surface area contributed by atoms with E-state index in [1.807, 2.05) is 0 Å². The summed E-state index contributed by atoms with van der Waals surface area (Å²) in [6.07, 6.45) is 3.07. The highest BCUT2D eigenvalue weighted by molar-refractivity contribution is 6.38. The normalized spacial score (nSPS) is 13.3. The highest BCUT2D eigenvalue weighted by Crippen LogP contribution is 2.22. The molecule has 1 aromatic heterocycles. The number of carbonyl (C=O) groups is 1. The van der Waals surface area contributed by atoms with Crippen molar-refractivity contribution in [1.29, 1.82) is 0 Å². The van der Waals surface area contributed by atoms with Gasteiger partial charge in [-0.05, 0) is 36.8 Å². The van der Waals surface area contributed by atoms with E-state index < -0.39 is 5.91 Å². The molecule has 0 spiro atoms. The predicted molar refractivity (Wildman–Crippen MR) is 106 cm³/mol. The molecule has 0 aliphatic carbocycles. The molecular formula is C19H14Cl2N4O2. The van der Waals surface area contributed by atoms with E-state index in [0.717, 1.165) is 18.7 Å². The fourth-order valence-corrected chi connectivity index (χ4v) is 3.57. The SMILES string of the molecule is O=C(N/N=C\c1c(Cl)cccc1Cl)c1ccc2c(=O)n3c(nc2c1)CCC3. The van der Waals surface area contributed by atoms with Gasteiger partial charge in [0.25, 0.3) is 11.5 Å². The Kier molecular flexibility index (Phi) is 4.68. The summed E-state index contributed by atoms with van der Waals surface area (Å²) in [6.45, 7) is 0.693. The van der Waals surface area contributed by atoms with Crippen LogP contribution in [0.4, 0.5) is 0 Å². The van der Waals surface area contributed by atoms with Gasteiger partial charge in [0.2, 0.25) is 0 Å². The average molecular weight is 401 g/mol. The number of halogens is 2. The van der Waals surface area contributed by atoms with E-state index >= 15 is 0 Å². The Labute approximate surface area is 164 Å². The second kappa shape index (κ2) is 7.13. The Morgan fingerprint density at radius 1 is 1.22 bits per heavy atom. The molecule has 6 nitrogen and oxygen atoms in total. The molecule has 3 aromatic rings. The molecule has 0 radical (unpaired) electrons. The third-order valence-electron chi connectivity index (χ3n) is 4.44. The van der Waals surface area contributed by atoms with Gasteiger partial charge in [0, 0.05) is 24.1 Å². The first-order valence-electron chi connectivity index (χ1n) is 8.35. The fourth-order valence-electron chi connectivity index (χ4n) is 3.08. The quantitative estimate of drug-likeness (QED) is 0.540.